The van der Waals surface area contributed by atoms with Gasteiger partial charge >= 0.3 is 0 Å². The number of hydrogen-bond donors (Lipinski definition) is 2. The van der Waals surface area contributed by atoms with Crippen molar-refractivity contribution in [2.24, 2.45) is 11.7 Å². The monoisotopic (exact) mass is 417 g/mol. The summed E-state index contributed by atoms with van der Waals surface area (Å²) in [5, 5.41) is 2.97. The summed E-state index contributed by atoms with van der Waals surface area (Å²) in [5.74, 6) is 0.529. The van der Waals surface area contributed by atoms with Crippen molar-refractivity contribution >= 4 is 43.5 Å². The third-order valence-corrected chi connectivity index (χ3v) is 4.84. The Hall–Kier alpha value is -0.430. The minimum absolute atomic E-state index is 0.0125. The summed E-state index contributed by atoms with van der Waals surface area (Å²) >= 11 is 6.98. The number of piperidine rings is 1. The van der Waals surface area contributed by atoms with E-state index in [2.05, 4.69) is 49.0 Å². The fourth-order valence-electron chi connectivity index (χ4n) is 2.84. The van der Waals surface area contributed by atoms with E-state index in [0.29, 0.717) is 12.5 Å². The van der Waals surface area contributed by atoms with Gasteiger partial charge in [0.2, 0.25) is 5.91 Å². The highest BCUT2D eigenvalue weighted by Gasteiger charge is 2.24. The number of likely N-dealkylation sites (tertiary alicyclic amines) is 1. The van der Waals surface area contributed by atoms with Gasteiger partial charge in [0.25, 0.3) is 0 Å². The molecule has 4 nitrogen and oxygen atoms in total. The molecule has 2 unspecified atom stereocenters. The lowest BCUT2D eigenvalue weighted by atomic mass is 9.97. The predicted molar refractivity (Wildman–Crippen MR) is 93.4 cm³/mol. The van der Waals surface area contributed by atoms with Crippen LogP contribution in [0.5, 0.6) is 0 Å². The van der Waals surface area contributed by atoms with E-state index in [9.17, 15) is 4.79 Å². The van der Waals surface area contributed by atoms with E-state index >= 15 is 0 Å². The maximum atomic E-state index is 12.2. The second-order valence-corrected chi connectivity index (χ2v) is 7.66. The molecule has 1 aromatic rings. The van der Waals surface area contributed by atoms with E-state index < -0.39 is 0 Å². The highest BCUT2D eigenvalue weighted by atomic mass is 79.9. The molecule has 1 aliphatic heterocycles. The number of carbonyl (C=O) groups is 1. The van der Waals surface area contributed by atoms with E-state index in [4.69, 9.17) is 5.73 Å². The molecule has 3 N–H and O–H groups in total. The second kappa shape index (κ2) is 7.22. The molecule has 0 saturated carbocycles. The number of amides is 1. The molecule has 0 spiro atoms. The van der Waals surface area contributed by atoms with E-state index in [0.717, 1.165) is 39.7 Å². The lowest BCUT2D eigenvalue weighted by Gasteiger charge is -2.34. The average molecular weight is 419 g/mol. The summed E-state index contributed by atoms with van der Waals surface area (Å²) in [6, 6.07) is 4.14. The van der Waals surface area contributed by atoms with Crippen LogP contribution in [0.2, 0.25) is 0 Å². The van der Waals surface area contributed by atoms with Gasteiger partial charge in [-0.25, -0.2) is 0 Å². The van der Waals surface area contributed by atoms with Crippen LogP contribution in [0, 0.1) is 12.8 Å². The molecule has 0 radical (unpaired) electrons. The van der Waals surface area contributed by atoms with Crippen LogP contribution in [0.3, 0.4) is 0 Å². The number of halogens is 2. The quantitative estimate of drug-likeness (QED) is 0.792. The molecule has 1 aliphatic rings. The zero-order chi connectivity index (χ0) is 15.6. The van der Waals surface area contributed by atoms with Gasteiger partial charge in [0.05, 0.1) is 12.2 Å². The Kier molecular flexibility index (Phi) is 5.82. The molecule has 1 fully saturated rings. The molecule has 1 heterocycles. The Balaban J connectivity index is 1.99. The summed E-state index contributed by atoms with van der Waals surface area (Å²) in [6.07, 6.45) is 1.03. The van der Waals surface area contributed by atoms with E-state index in [1.165, 1.54) is 0 Å². The summed E-state index contributed by atoms with van der Waals surface area (Å²) in [5.41, 5.74) is 7.93. The molecular formula is C15H21Br2N3O. The van der Waals surface area contributed by atoms with Gasteiger partial charge in [-0.05, 0) is 68.8 Å². The third kappa shape index (κ3) is 4.77. The zero-order valence-electron chi connectivity index (χ0n) is 12.3. The van der Waals surface area contributed by atoms with Crippen molar-refractivity contribution in [3.05, 3.63) is 26.6 Å². The van der Waals surface area contributed by atoms with Crippen molar-refractivity contribution < 1.29 is 4.79 Å². The van der Waals surface area contributed by atoms with Crippen molar-refractivity contribution in [3.63, 3.8) is 0 Å². The molecule has 21 heavy (non-hydrogen) atoms. The molecule has 1 aromatic carbocycles. The van der Waals surface area contributed by atoms with Crippen LogP contribution in [0.1, 0.15) is 18.9 Å². The normalized spacial score (nSPS) is 23.1. The van der Waals surface area contributed by atoms with Crippen molar-refractivity contribution in [2.75, 3.05) is 25.0 Å². The maximum Gasteiger partial charge on any atom is 0.238 e. The van der Waals surface area contributed by atoms with Crippen LogP contribution in [0.15, 0.2) is 21.1 Å². The molecule has 2 atom stereocenters. The van der Waals surface area contributed by atoms with Crippen LogP contribution in [0.4, 0.5) is 5.69 Å². The molecule has 116 valence electrons. The van der Waals surface area contributed by atoms with Gasteiger partial charge in [-0.3, -0.25) is 9.69 Å². The van der Waals surface area contributed by atoms with E-state index in [1.807, 2.05) is 19.1 Å². The Bertz CT molecular complexity index is 503. The Morgan fingerprint density at radius 3 is 2.57 bits per heavy atom. The maximum absolute atomic E-state index is 12.2. The molecule has 1 saturated heterocycles. The first-order valence-electron chi connectivity index (χ1n) is 7.08. The molecule has 2 rings (SSSR count). The summed E-state index contributed by atoms with van der Waals surface area (Å²) in [4.78, 5) is 14.4. The fourth-order valence-corrected chi connectivity index (χ4v) is 4.46. The van der Waals surface area contributed by atoms with Gasteiger partial charge in [0.15, 0.2) is 0 Å². The smallest absolute Gasteiger partial charge is 0.238 e. The standard InChI is InChI=1S/C15H21Br2N3O/c1-9-4-12(16)15(13(17)5-9)19-14(21)8-20-6-10(2)3-11(18)7-20/h4-5,10-11H,3,6-8,18H2,1-2H3,(H,19,21). The molecule has 0 aliphatic carbocycles. The van der Waals surface area contributed by atoms with Gasteiger partial charge in [-0.15, -0.1) is 0 Å². The number of rotatable bonds is 3. The zero-order valence-corrected chi connectivity index (χ0v) is 15.5. The van der Waals surface area contributed by atoms with E-state index in [-0.39, 0.29) is 11.9 Å². The minimum atomic E-state index is -0.0125. The largest absolute Gasteiger partial charge is 0.327 e. The third-order valence-electron chi connectivity index (χ3n) is 3.59. The molecular weight excluding hydrogens is 398 g/mol. The number of hydrogen-bond acceptors (Lipinski definition) is 3. The van der Waals surface area contributed by atoms with Crippen molar-refractivity contribution in [3.8, 4) is 0 Å². The number of carbonyl (C=O) groups excluding carboxylic acids is 1. The highest BCUT2D eigenvalue weighted by molar-refractivity contribution is 9.11. The molecule has 0 bridgehead atoms. The number of benzene rings is 1. The topological polar surface area (TPSA) is 58.4 Å². The van der Waals surface area contributed by atoms with Gasteiger partial charge in [-0.2, -0.15) is 0 Å². The Morgan fingerprint density at radius 2 is 2.00 bits per heavy atom. The second-order valence-electron chi connectivity index (χ2n) is 5.95. The SMILES string of the molecule is Cc1cc(Br)c(NC(=O)CN2CC(C)CC(N)C2)c(Br)c1. The number of aryl methyl sites for hydroxylation is 1. The van der Waals surface area contributed by atoms with Crippen LogP contribution in [-0.4, -0.2) is 36.5 Å². The summed E-state index contributed by atoms with van der Waals surface area (Å²) in [7, 11) is 0. The first-order chi connectivity index (χ1) is 9.85. The van der Waals surface area contributed by atoms with Crippen LogP contribution < -0.4 is 11.1 Å². The number of nitrogens with one attached hydrogen (secondary N) is 1. The van der Waals surface area contributed by atoms with Gasteiger partial charge in [0, 0.05) is 28.1 Å². The highest BCUT2D eigenvalue weighted by Crippen LogP contribution is 2.32. The first-order valence-corrected chi connectivity index (χ1v) is 8.67. The number of nitrogens with two attached hydrogens (primary N) is 1. The van der Waals surface area contributed by atoms with Crippen molar-refractivity contribution in [1.82, 2.24) is 4.90 Å². The van der Waals surface area contributed by atoms with Crippen molar-refractivity contribution in [2.45, 2.75) is 26.3 Å². The van der Waals surface area contributed by atoms with Gasteiger partial charge in [-0.1, -0.05) is 6.92 Å². The number of anilines is 1. The summed E-state index contributed by atoms with van der Waals surface area (Å²) < 4.78 is 1.76. The van der Waals surface area contributed by atoms with Crippen LogP contribution in [-0.2, 0) is 4.79 Å². The van der Waals surface area contributed by atoms with Crippen molar-refractivity contribution in [1.29, 1.82) is 0 Å². The average Bonchev–Trinajstić information content (AvgIpc) is 2.32. The van der Waals surface area contributed by atoms with E-state index in [1.54, 1.807) is 0 Å². The predicted octanol–water partition coefficient (Wildman–Crippen LogP) is 3.13. The Labute approximate surface area is 142 Å². The van der Waals surface area contributed by atoms with Crippen LogP contribution in [0.25, 0.3) is 0 Å². The Morgan fingerprint density at radius 1 is 1.38 bits per heavy atom. The minimum Gasteiger partial charge on any atom is -0.327 e. The molecule has 1 amide bonds. The summed E-state index contributed by atoms with van der Waals surface area (Å²) in [6.45, 7) is 6.28. The lowest BCUT2D eigenvalue weighted by Crippen LogP contribution is -2.48. The van der Waals surface area contributed by atoms with Gasteiger partial charge < -0.3 is 11.1 Å². The number of nitrogens with zero attached hydrogens (tertiary/aromatic N) is 1. The first kappa shape index (κ1) is 16.9. The van der Waals surface area contributed by atoms with Crippen LogP contribution >= 0.6 is 31.9 Å². The lowest BCUT2D eigenvalue weighted by molar-refractivity contribution is -0.117. The molecule has 6 heteroatoms. The molecule has 0 aromatic heterocycles. The fraction of sp³-hybridized carbons (Fsp3) is 0.533. The van der Waals surface area contributed by atoms with Gasteiger partial charge in [0.1, 0.15) is 0 Å².